The predicted molar refractivity (Wildman–Crippen MR) is 77.3 cm³/mol. The summed E-state index contributed by atoms with van der Waals surface area (Å²) in [6, 6.07) is 19.6. The summed E-state index contributed by atoms with van der Waals surface area (Å²) in [5.41, 5.74) is 2.60. The maximum absolute atomic E-state index is 5.70. The van der Waals surface area contributed by atoms with Gasteiger partial charge in [0.25, 0.3) is 0 Å². The third kappa shape index (κ3) is 2.64. The molecule has 19 heavy (non-hydrogen) atoms. The standard InChI is InChI=1S/C17H19NO/c1-13(14-7-3-2-4-8-14)18-16-11-12-19-17-10-6-5-9-15(16)17/h2-10,13,16,18H,11-12H2,1H3. The first-order valence-electron chi connectivity index (χ1n) is 6.87. The van der Waals surface area contributed by atoms with E-state index < -0.39 is 0 Å². The van der Waals surface area contributed by atoms with Crippen molar-refractivity contribution in [2.75, 3.05) is 6.61 Å². The molecule has 2 heteroatoms. The van der Waals surface area contributed by atoms with E-state index in [1.807, 2.05) is 6.07 Å². The highest BCUT2D eigenvalue weighted by Crippen LogP contribution is 2.33. The van der Waals surface area contributed by atoms with Crippen LogP contribution in [0, 0.1) is 0 Å². The van der Waals surface area contributed by atoms with Crippen LogP contribution in [0.15, 0.2) is 54.6 Å². The fourth-order valence-electron chi connectivity index (χ4n) is 2.65. The molecule has 2 aromatic carbocycles. The van der Waals surface area contributed by atoms with Gasteiger partial charge in [-0.2, -0.15) is 0 Å². The van der Waals surface area contributed by atoms with Crippen molar-refractivity contribution in [1.29, 1.82) is 0 Å². The van der Waals surface area contributed by atoms with Gasteiger partial charge < -0.3 is 10.1 Å². The quantitative estimate of drug-likeness (QED) is 0.896. The Balaban J connectivity index is 1.78. The lowest BCUT2D eigenvalue weighted by molar-refractivity contribution is 0.246. The maximum atomic E-state index is 5.70. The van der Waals surface area contributed by atoms with Gasteiger partial charge in [0, 0.05) is 24.1 Å². The Morgan fingerprint density at radius 1 is 1.05 bits per heavy atom. The van der Waals surface area contributed by atoms with Crippen LogP contribution in [0.25, 0.3) is 0 Å². The molecule has 0 saturated heterocycles. The highest BCUT2D eigenvalue weighted by Gasteiger charge is 2.22. The number of nitrogens with one attached hydrogen (secondary N) is 1. The molecule has 3 rings (SSSR count). The zero-order valence-corrected chi connectivity index (χ0v) is 11.2. The van der Waals surface area contributed by atoms with Gasteiger partial charge in [-0.15, -0.1) is 0 Å². The van der Waals surface area contributed by atoms with Crippen LogP contribution in [0.5, 0.6) is 5.75 Å². The minimum atomic E-state index is 0.345. The molecule has 2 unspecified atom stereocenters. The maximum Gasteiger partial charge on any atom is 0.124 e. The van der Waals surface area contributed by atoms with Gasteiger partial charge >= 0.3 is 0 Å². The lowest BCUT2D eigenvalue weighted by Gasteiger charge is -2.29. The van der Waals surface area contributed by atoms with Crippen LogP contribution in [0.3, 0.4) is 0 Å². The van der Waals surface area contributed by atoms with Crippen LogP contribution in [0.2, 0.25) is 0 Å². The van der Waals surface area contributed by atoms with Gasteiger partial charge in [-0.3, -0.25) is 0 Å². The third-order valence-electron chi connectivity index (χ3n) is 3.71. The molecule has 1 aliphatic heterocycles. The summed E-state index contributed by atoms with van der Waals surface area (Å²) in [6.45, 7) is 3.00. The Morgan fingerprint density at radius 3 is 2.63 bits per heavy atom. The fourth-order valence-corrected chi connectivity index (χ4v) is 2.65. The van der Waals surface area contributed by atoms with E-state index in [-0.39, 0.29) is 0 Å². The molecule has 0 aliphatic carbocycles. The number of hydrogen-bond donors (Lipinski definition) is 1. The van der Waals surface area contributed by atoms with Crippen LogP contribution in [-0.2, 0) is 0 Å². The summed E-state index contributed by atoms with van der Waals surface area (Å²) >= 11 is 0. The van der Waals surface area contributed by atoms with Gasteiger partial charge in [-0.25, -0.2) is 0 Å². The second kappa shape index (κ2) is 5.45. The first-order valence-corrected chi connectivity index (χ1v) is 6.87. The van der Waals surface area contributed by atoms with Crippen molar-refractivity contribution in [1.82, 2.24) is 5.32 Å². The van der Waals surface area contributed by atoms with E-state index in [9.17, 15) is 0 Å². The molecule has 0 fully saturated rings. The van der Waals surface area contributed by atoms with Crippen LogP contribution in [0.1, 0.15) is 36.6 Å². The number of hydrogen-bond acceptors (Lipinski definition) is 2. The van der Waals surface area contributed by atoms with E-state index >= 15 is 0 Å². The second-order valence-electron chi connectivity index (χ2n) is 5.03. The van der Waals surface area contributed by atoms with Crippen molar-refractivity contribution in [3.63, 3.8) is 0 Å². The van der Waals surface area contributed by atoms with E-state index in [1.54, 1.807) is 0 Å². The van der Waals surface area contributed by atoms with Crippen molar-refractivity contribution in [2.24, 2.45) is 0 Å². The van der Waals surface area contributed by atoms with Crippen molar-refractivity contribution in [2.45, 2.75) is 25.4 Å². The molecular weight excluding hydrogens is 234 g/mol. The summed E-state index contributed by atoms with van der Waals surface area (Å²) in [4.78, 5) is 0. The summed E-state index contributed by atoms with van der Waals surface area (Å²) in [5, 5.41) is 3.71. The first kappa shape index (κ1) is 12.2. The summed E-state index contributed by atoms with van der Waals surface area (Å²) in [7, 11) is 0. The Hall–Kier alpha value is -1.80. The number of para-hydroxylation sites is 1. The number of rotatable bonds is 3. The average Bonchev–Trinajstić information content (AvgIpc) is 2.48. The highest BCUT2D eigenvalue weighted by atomic mass is 16.5. The minimum absolute atomic E-state index is 0.345. The molecule has 0 spiro atoms. The van der Waals surface area contributed by atoms with E-state index in [1.165, 1.54) is 11.1 Å². The lowest BCUT2D eigenvalue weighted by atomic mass is 9.98. The van der Waals surface area contributed by atoms with E-state index in [2.05, 4.69) is 60.8 Å². The average molecular weight is 253 g/mol. The minimum Gasteiger partial charge on any atom is -0.493 e. The molecule has 2 aromatic rings. The van der Waals surface area contributed by atoms with Crippen LogP contribution >= 0.6 is 0 Å². The summed E-state index contributed by atoms with van der Waals surface area (Å²) in [5.74, 6) is 1.02. The Labute approximate surface area is 114 Å². The lowest BCUT2D eigenvalue weighted by Crippen LogP contribution is -2.29. The zero-order valence-electron chi connectivity index (χ0n) is 11.2. The molecule has 1 aliphatic rings. The molecular formula is C17H19NO. The molecule has 98 valence electrons. The Morgan fingerprint density at radius 2 is 1.79 bits per heavy atom. The van der Waals surface area contributed by atoms with Gasteiger partial charge in [0.15, 0.2) is 0 Å². The SMILES string of the molecule is CC(NC1CCOc2ccccc21)c1ccccc1. The van der Waals surface area contributed by atoms with Gasteiger partial charge in [0.1, 0.15) is 5.75 Å². The first-order chi connectivity index (χ1) is 9.34. The zero-order chi connectivity index (χ0) is 13.1. The van der Waals surface area contributed by atoms with Crippen molar-refractivity contribution >= 4 is 0 Å². The molecule has 0 aromatic heterocycles. The molecule has 1 heterocycles. The molecule has 0 amide bonds. The summed E-state index contributed by atoms with van der Waals surface area (Å²) in [6.07, 6.45) is 1.02. The smallest absolute Gasteiger partial charge is 0.124 e. The molecule has 0 bridgehead atoms. The molecule has 0 saturated carbocycles. The highest BCUT2D eigenvalue weighted by molar-refractivity contribution is 5.37. The Bertz CT molecular complexity index is 538. The molecule has 2 nitrogen and oxygen atoms in total. The Kier molecular flexibility index (Phi) is 3.51. The third-order valence-corrected chi connectivity index (χ3v) is 3.71. The van der Waals surface area contributed by atoms with Gasteiger partial charge in [-0.1, -0.05) is 48.5 Å². The van der Waals surface area contributed by atoms with Crippen LogP contribution in [-0.4, -0.2) is 6.61 Å². The monoisotopic (exact) mass is 253 g/mol. The topological polar surface area (TPSA) is 21.3 Å². The van der Waals surface area contributed by atoms with Gasteiger partial charge in [0.2, 0.25) is 0 Å². The van der Waals surface area contributed by atoms with Crippen LogP contribution in [0.4, 0.5) is 0 Å². The number of ether oxygens (including phenoxy) is 1. The van der Waals surface area contributed by atoms with E-state index in [0.717, 1.165) is 18.8 Å². The van der Waals surface area contributed by atoms with Gasteiger partial charge in [-0.05, 0) is 18.6 Å². The normalized spacial score (nSPS) is 19.3. The largest absolute Gasteiger partial charge is 0.493 e. The van der Waals surface area contributed by atoms with Crippen molar-refractivity contribution in [3.8, 4) is 5.75 Å². The number of fused-ring (bicyclic) bond motifs is 1. The summed E-state index contributed by atoms with van der Waals surface area (Å²) < 4.78 is 5.70. The van der Waals surface area contributed by atoms with E-state index in [4.69, 9.17) is 4.74 Å². The predicted octanol–water partition coefficient (Wildman–Crippen LogP) is 3.86. The second-order valence-corrected chi connectivity index (χ2v) is 5.03. The molecule has 0 radical (unpaired) electrons. The van der Waals surface area contributed by atoms with Crippen LogP contribution < -0.4 is 10.1 Å². The number of benzene rings is 2. The van der Waals surface area contributed by atoms with Gasteiger partial charge in [0.05, 0.1) is 6.61 Å². The molecule has 1 N–H and O–H groups in total. The molecule has 2 atom stereocenters. The fraction of sp³-hybridized carbons (Fsp3) is 0.294. The van der Waals surface area contributed by atoms with Crippen molar-refractivity contribution < 1.29 is 4.74 Å². The van der Waals surface area contributed by atoms with Crippen molar-refractivity contribution in [3.05, 3.63) is 65.7 Å². The van der Waals surface area contributed by atoms with E-state index in [0.29, 0.717) is 12.1 Å².